The van der Waals surface area contributed by atoms with E-state index in [-0.39, 0.29) is 11.5 Å². The average Bonchev–Trinajstić information content (AvgIpc) is 2.78. The summed E-state index contributed by atoms with van der Waals surface area (Å²) in [6.45, 7) is 4.14. The highest BCUT2D eigenvalue weighted by Gasteiger charge is 2.13. The number of aromatic nitrogens is 3. The summed E-state index contributed by atoms with van der Waals surface area (Å²) >= 11 is 1.64. The van der Waals surface area contributed by atoms with Crippen LogP contribution < -0.4 is 5.56 Å². The van der Waals surface area contributed by atoms with Gasteiger partial charge in [-0.05, 0) is 17.5 Å². The number of hydrogen-bond donors (Lipinski definition) is 1. The van der Waals surface area contributed by atoms with Gasteiger partial charge >= 0.3 is 0 Å². The summed E-state index contributed by atoms with van der Waals surface area (Å²) in [5.41, 5.74) is 1.62. The smallest absolute Gasteiger partial charge is 0.288 e. The molecule has 3 heterocycles. The zero-order chi connectivity index (χ0) is 11.3. The van der Waals surface area contributed by atoms with Crippen LogP contribution in [0.3, 0.4) is 0 Å². The minimum atomic E-state index is -0.132. The van der Waals surface area contributed by atoms with E-state index in [1.807, 2.05) is 21.9 Å². The van der Waals surface area contributed by atoms with Crippen molar-refractivity contribution in [1.82, 2.24) is 14.6 Å². The first kappa shape index (κ1) is 9.59. The molecule has 0 fully saturated rings. The van der Waals surface area contributed by atoms with Crippen molar-refractivity contribution in [2.24, 2.45) is 0 Å². The second kappa shape index (κ2) is 3.18. The Kier molecular flexibility index (Phi) is 1.91. The highest BCUT2D eigenvalue weighted by Crippen LogP contribution is 2.26. The van der Waals surface area contributed by atoms with Crippen molar-refractivity contribution in [3.63, 3.8) is 0 Å². The summed E-state index contributed by atoms with van der Waals surface area (Å²) in [5, 5.41) is 8.72. The molecule has 0 aliphatic heterocycles. The predicted octanol–water partition coefficient (Wildman–Crippen LogP) is 2.36. The van der Waals surface area contributed by atoms with Crippen molar-refractivity contribution in [3.8, 4) is 0 Å². The molecular weight excluding hydrogens is 222 g/mol. The van der Waals surface area contributed by atoms with Crippen LogP contribution in [0.5, 0.6) is 0 Å². The number of nitrogens with zero attached hydrogens (tertiary/aromatic N) is 2. The molecule has 0 amide bonds. The van der Waals surface area contributed by atoms with Crippen LogP contribution in [0, 0.1) is 0 Å². The molecular formula is C11H11N3OS. The van der Waals surface area contributed by atoms with Crippen molar-refractivity contribution >= 4 is 27.1 Å². The Labute approximate surface area is 95.5 Å². The molecule has 3 rings (SSSR count). The fourth-order valence-corrected chi connectivity index (χ4v) is 2.75. The van der Waals surface area contributed by atoms with E-state index >= 15 is 0 Å². The molecule has 0 aliphatic rings. The van der Waals surface area contributed by atoms with Gasteiger partial charge in [-0.15, -0.1) is 11.3 Å². The van der Waals surface area contributed by atoms with Crippen molar-refractivity contribution in [3.05, 3.63) is 33.7 Å². The normalized spacial score (nSPS) is 11.9. The lowest BCUT2D eigenvalue weighted by molar-refractivity contribution is 0.719. The highest BCUT2D eigenvalue weighted by atomic mass is 32.1. The van der Waals surface area contributed by atoms with Crippen molar-refractivity contribution in [1.29, 1.82) is 0 Å². The molecule has 0 spiro atoms. The lowest BCUT2D eigenvalue weighted by atomic mass is 10.2. The number of nitrogens with one attached hydrogen (secondary N) is 1. The molecule has 16 heavy (non-hydrogen) atoms. The fraction of sp³-hybridized carbons (Fsp3) is 0.273. The van der Waals surface area contributed by atoms with Crippen LogP contribution in [0.1, 0.15) is 25.6 Å². The summed E-state index contributed by atoms with van der Waals surface area (Å²) < 4.78 is 3.08. The SMILES string of the molecule is CC(C)c1n[nH]c(=O)c2cc3sccc3n12. The van der Waals surface area contributed by atoms with Gasteiger partial charge in [0, 0.05) is 5.92 Å². The lowest BCUT2D eigenvalue weighted by Crippen LogP contribution is -2.16. The first-order valence-electron chi connectivity index (χ1n) is 5.15. The van der Waals surface area contributed by atoms with E-state index in [0.717, 1.165) is 16.0 Å². The van der Waals surface area contributed by atoms with Gasteiger partial charge in [0.05, 0.1) is 10.2 Å². The van der Waals surface area contributed by atoms with Gasteiger partial charge in [-0.2, -0.15) is 5.10 Å². The molecule has 0 saturated carbocycles. The summed E-state index contributed by atoms with van der Waals surface area (Å²) in [4.78, 5) is 11.7. The van der Waals surface area contributed by atoms with E-state index < -0.39 is 0 Å². The number of fused-ring (bicyclic) bond motifs is 3. The average molecular weight is 233 g/mol. The molecule has 0 saturated heterocycles. The molecule has 0 radical (unpaired) electrons. The van der Waals surface area contributed by atoms with Crippen LogP contribution >= 0.6 is 11.3 Å². The number of thiophene rings is 1. The monoisotopic (exact) mass is 233 g/mol. The van der Waals surface area contributed by atoms with Crippen LogP contribution in [0.15, 0.2) is 22.3 Å². The van der Waals surface area contributed by atoms with Gasteiger partial charge in [0.1, 0.15) is 11.3 Å². The molecule has 0 unspecified atom stereocenters. The Bertz CT molecular complexity index is 720. The Morgan fingerprint density at radius 2 is 2.25 bits per heavy atom. The third kappa shape index (κ3) is 1.15. The summed E-state index contributed by atoms with van der Waals surface area (Å²) in [5.74, 6) is 1.16. The molecule has 3 aromatic heterocycles. The van der Waals surface area contributed by atoms with Gasteiger partial charge in [0.25, 0.3) is 5.56 Å². The van der Waals surface area contributed by atoms with Gasteiger partial charge in [-0.25, -0.2) is 5.10 Å². The third-order valence-electron chi connectivity index (χ3n) is 2.67. The number of H-pyrrole nitrogens is 1. The second-order valence-electron chi connectivity index (χ2n) is 4.10. The second-order valence-corrected chi connectivity index (χ2v) is 5.05. The molecule has 82 valence electrons. The Morgan fingerprint density at radius 3 is 3.00 bits per heavy atom. The topological polar surface area (TPSA) is 50.2 Å². The maximum absolute atomic E-state index is 11.7. The van der Waals surface area contributed by atoms with Crippen LogP contribution in [0.4, 0.5) is 0 Å². The first-order chi connectivity index (χ1) is 7.68. The minimum absolute atomic E-state index is 0.132. The Morgan fingerprint density at radius 1 is 1.44 bits per heavy atom. The van der Waals surface area contributed by atoms with E-state index in [2.05, 4.69) is 24.0 Å². The largest absolute Gasteiger partial charge is 0.290 e. The number of hydrogen-bond acceptors (Lipinski definition) is 3. The van der Waals surface area contributed by atoms with Crippen LogP contribution in [0.2, 0.25) is 0 Å². The van der Waals surface area contributed by atoms with E-state index in [0.29, 0.717) is 5.52 Å². The molecule has 5 heteroatoms. The van der Waals surface area contributed by atoms with Gasteiger partial charge in [0.2, 0.25) is 0 Å². The van der Waals surface area contributed by atoms with Crippen molar-refractivity contribution < 1.29 is 0 Å². The quantitative estimate of drug-likeness (QED) is 0.701. The summed E-state index contributed by atoms with van der Waals surface area (Å²) in [6, 6.07) is 3.95. The molecule has 0 bridgehead atoms. The fourth-order valence-electron chi connectivity index (χ4n) is 1.94. The number of rotatable bonds is 1. The van der Waals surface area contributed by atoms with Crippen molar-refractivity contribution in [2.75, 3.05) is 0 Å². The summed E-state index contributed by atoms with van der Waals surface area (Å²) in [7, 11) is 0. The molecule has 3 aromatic rings. The van der Waals surface area contributed by atoms with Gasteiger partial charge in [0.15, 0.2) is 0 Å². The zero-order valence-corrected chi connectivity index (χ0v) is 9.84. The maximum atomic E-state index is 11.7. The molecule has 4 nitrogen and oxygen atoms in total. The molecule has 0 aliphatic carbocycles. The Balaban J connectivity index is 2.60. The maximum Gasteiger partial charge on any atom is 0.288 e. The van der Waals surface area contributed by atoms with Crippen LogP contribution in [-0.4, -0.2) is 14.6 Å². The van der Waals surface area contributed by atoms with Gasteiger partial charge in [-0.1, -0.05) is 13.8 Å². The molecule has 0 atom stereocenters. The standard InChI is InChI=1S/C11H11N3OS/c1-6(2)10-12-13-11(15)8-5-9-7(14(8)10)3-4-16-9/h3-6H,1-2H3,(H,13,15). The van der Waals surface area contributed by atoms with E-state index in [1.165, 1.54) is 0 Å². The Hall–Kier alpha value is -1.62. The zero-order valence-electron chi connectivity index (χ0n) is 9.02. The summed E-state index contributed by atoms with van der Waals surface area (Å²) in [6.07, 6.45) is 0. The van der Waals surface area contributed by atoms with E-state index in [1.54, 1.807) is 11.3 Å². The van der Waals surface area contributed by atoms with Crippen LogP contribution in [-0.2, 0) is 0 Å². The highest BCUT2D eigenvalue weighted by molar-refractivity contribution is 7.17. The van der Waals surface area contributed by atoms with E-state index in [4.69, 9.17) is 0 Å². The van der Waals surface area contributed by atoms with Crippen LogP contribution in [0.25, 0.3) is 15.7 Å². The number of aromatic amines is 1. The van der Waals surface area contributed by atoms with Crippen molar-refractivity contribution in [2.45, 2.75) is 19.8 Å². The lowest BCUT2D eigenvalue weighted by Gasteiger charge is -2.07. The minimum Gasteiger partial charge on any atom is -0.290 e. The predicted molar refractivity (Wildman–Crippen MR) is 65.3 cm³/mol. The molecule has 1 N–H and O–H groups in total. The van der Waals surface area contributed by atoms with Gasteiger partial charge < -0.3 is 0 Å². The first-order valence-corrected chi connectivity index (χ1v) is 6.03. The molecule has 0 aromatic carbocycles. The van der Waals surface area contributed by atoms with E-state index in [9.17, 15) is 4.79 Å². The third-order valence-corrected chi connectivity index (χ3v) is 3.53. The van der Waals surface area contributed by atoms with Gasteiger partial charge in [-0.3, -0.25) is 9.20 Å².